The van der Waals surface area contributed by atoms with Crippen molar-refractivity contribution in [2.45, 2.75) is 19.3 Å². The third-order valence-corrected chi connectivity index (χ3v) is 6.96. The summed E-state index contributed by atoms with van der Waals surface area (Å²) in [4.78, 5) is 14.5. The third kappa shape index (κ3) is 3.72. The van der Waals surface area contributed by atoms with Gasteiger partial charge in [-0.1, -0.05) is 105 Å². The van der Waals surface area contributed by atoms with Crippen LogP contribution in [0.4, 0.5) is 0 Å². The molecule has 4 aromatic carbocycles. The first-order valence-electron chi connectivity index (χ1n) is 11.9. The molecule has 174 valence electrons. The van der Waals surface area contributed by atoms with Gasteiger partial charge < -0.3 is 10.0 Å². The lowest BCUT2D eigenvalue weighted by Crippen LogP contribution is -2.31. The summed E-state index contributed by atoms with van der Waals surface area (Å²) in [5.74, 6) is 1.87. The lowest BCUT2D eigenvalue weighted by molar-refractivity contribution is 0.425. The van der Waals surface area contributed by atoms with Crippen LogP contribution in [-0.4, -0.2) is 32.1 Å². The maximum atomic E-state index is 9.71. The standard InChI is InChI=1S/C30H24BN3O2/c1-30(2)25-17-21(13-15-23(25)24-16-14-22(31(35)36)18-26(24)30)29-33-27(19-9-5-3-6-10-19)32-28(34-29)20-11-7-4-8-12-20/h3-18,35-36H,1-2H3. The van der Waals surface area contributed by atoms with Crippen LogP contribution in [-0.2, 0) is 5.41 Å². The van der Waals surface area contributed by atoms with E-state index in [2.05, 4.69) is 32.0 Å². The number of nitrogens with zero attached hydrogens (tertiary/aromatic N) is 3. The minimum Gasteiger partial charge on any atom is -0.423 e. The number of aromatic nitrogens is 3. The van der Waals surface area contributed by atoms with Gasteiger partial charge in [0.15, 0.2) is 17.5 Å². The molecule has 0 atom stereocenters. The topological polar surface area (TPSA) is 79.1 Å². The normalized spacial score (nSPS) is 13.2. The Labute approximate surface area is 210 Å². The maximum Gasteiger partial charge on any atom is 0.488 e. The molecule has 0 saturated carbocycles. The van der Waals surface area contributed by atoms with Crippen LogP contribution in [0.3, 0.4) is 0 Å². The summed E-state index contributed by atoms with van der Waals surface area (Å²) >= 11 is 0. The fraction of sp³-hybridized carbons (Fsp3) is 0.100. The lowest BCUT2D eigenvalue weighted by Gasteiger charge is -2.22. The van der Waals surface area contributed by atoms with Crippen molar-refractivity contribution in [1.82, 2.24) is 15.0 Å². The van der Waals surface area contributed by atoms with Crippen molar-refractivity contribution in [1.29, 1.82) is 0 Å². The van der Waals surface area contributed by atoms with Gasteiger partial charge in [-0.15, -0.1) is 0 Å². The first kappa shape index (κ1) is 22.3. The minimum atomic E-state index is -1.50. The van der Waals surface area contributed by atoms with E-state index >= 15 is 0 Å². The van der Waals surface area contributed by atoms with Crippen molar-refractivity contribution in [2.75, 3.05) is 0 Å². The van der Waals surface area contributed by atoms with E-state index < -0.39 is 7.12 Å². The first-order valence-corrected chi connectivity index (χ1v) is 11.9. The summed E-state index contributed by atoms with van der Waals surface area (Å²) < 4.78 is 0. The molecule has 0 amide bonds. The molecule has 2 N–H and O–H groups in total. The molecular weight excluding hydrogens is 445 g/mol. The Hall–Kier alpha value is -4.13. The zero-order valence-electron chi connectivity index (χ0n) is 20.1. The predicted molar refractivity (Wildman–Crippen MR) is 144 cm³/mol. The Morgan fingerprint density at radius 2 is 1.03 bits per heavy atom. The van der Waals surface area contributed by atoms with Crippen LogP contribution in [0.1, 0.15) is 25.0 Å². The fourth-order valence-electron chi connectivity index (χ4n) is 4.99. The quantitative estimate of drug-likeness (QED) is 0.368. The summed E-state index contributed by atoms with van der Waals surface area (Å²) in [6.45, 7) is 4.32. The second-order valence-corrected chi connectivity index (χ2v) is 9.60. The van der Waals surface area contributed by atoms with E-state index in [9.17, 15) is 10.0 Å². The molecule has 0 saturated heterocycles. The SMILES string of the molecule is CC1(C)c2cc(B(O)O)ccc2-c2ccc(-c3nc(-c4ccccc4)nc(-c4ccccc4)n3)cc21. The van der Waals surface area contributed by atoms with E-state index in [0.717, 1.165) is 38.9 Å². The molecule has 0 aliphatic heterocycles. The largest absolute Gasteiger partial charge is 0.488 e. The molecule has 0 spiro atoms. The molecule has 1 heterocycles. The minimum absolute atomic E-state index is 0.316. The number of fused-ring (bicyclic) bond motifs is 3. The van der Waals surface area contributed by atoms with Crippen molar-refractivity contribution >= 4 is 12.6 Å². The van der Waals surface area contributed by atoms with Crippen LogP contribution in [0.15, 0.2) is 97.1 Å². The van der Waals surface area contributed by atoms with Gasteiger partial charge in [-0.05, 0) is 33.8 Å². The van der Waals surface area contributed by atoms with Crippen LogP contribution < -0.4 is 5.46 Å². The molecule has 6 heteroatoms. The van der Waals surface area contributed by atoms with Crippen molar-refractivity contribution in [3.8, 4) is 45.3 Å². The van der Waals surface area contributed by atoms with Gasteiger partial charge in [0.25, 0.3) is 0 Å². The summed E-state index contributed by atoms with van der Waals surface area (Å²) in [5, 5.41) is 19.4. The van der Waals surface area contributed by atoms with E-state index in [-0.39, 0.29) is 5.41 Å². The Morgan fingerprint density at radius 1 is 0.556 bits per heavy atom. The van der Waals surface area contributed by atoms with Crippen molar-refractivity contribution in [3.05, 3.63) is 108 Å². The zero-order valence-corrected chi connectivity index (χ0v) is 20.1. The third-order valence-electron chi connectivity index (χ3n) is 6.96. The summed E-state index contributed by atoms with van der Waals surface area (Å²) in [5.41, 5.74) is 7.43. The molecule has 36 heavy (non-hydrogen) atoms. The smallest absolute Gasteiger partial charge is 0.423 e. The molecule has 0 unspecified atom stereocenters. The van der Waals surface area contributed by atoms with Crippen LogP contribution in [0.25, 0.3) is 45.3 Å². The Morgan fingerprint density at radius 3 is 1.56 bits per heavy atom. The van der Waals surface area contributed by atoms with E-state index in [1.54, 1.807) is 6.07 Å². The van der Waals surface area contributed by atoms with Crippen LogP contribution in [0, 0.1) is 0 Å². The number of benzene rings is 4. The highest BCUT2D eigenvalue weighted by atomic mass is 16.4. The van der Waals surface area contributed by atoms with Gasteiger partial charge in [-0.2, -0.15) is 0 Å². The summed E-state index contributed by atoms with van der Waals surface area (Å²) in [6, 6.07) is 31.8. The Balaban J connectivity index is 1.51. The fourth-order valence-corrected chi connectivity index (χ4v) is 4.99. The zero-order chi connectivity index (χ0) is 24.9. The van der Waals surface area contributed by atoms with E-state index in [1.807, 2.05) is 72.8 Å². The molecule has 0 bridgehead atoms. The maximum absolute atomic E-state index is 9.71. The molecule has 5 aromatic rings. The molecule has 5 nitrogen and oxygen atoms in total. The lowest BCUT2D eigenvalue weighted by atomic mass is 9.75. The Bertz CT molecular complexity index is 1530. The van der Waals surface area contributed by atoms with Gasteiger partial charge in [-0.25, -0.2) is 15.0 Å². The van der Waals surface area contributed by atoms with Gasteiger partial charge in [0.1, 0.15) is 0 Å². The molecule has 1 aromatic heterocycles. The van der Waals surface area contributed by atoms with Crippen LogP contribution in [0.2, 0.25) is 0 Å². The predicted octanol–water partition coefficient (Wildman–Crippen LogP) is 4.86. The van der Waals surface area contributed by atoms with Crippen molar-refractivity contribution in [3.63, 3.8) is 0 Å². The second-order valence-electron chi connectivity index (χ2n) is 9.60. The van der Waals surface area contributed by atoms with E-state index in [1.165, 1.54) is 0 Å². The monoisotopic (exact) mass is 469 g/mol. The van der Waals surface area contributed by atoms with Gasteiger partial charge in [0.2, 0.25) is 0 Å². The second kappa shape index (κ2) is 8.52. The number of rotatable bonds is 4. The van der Waals surface area contributed by atoms with Gasteiger partial charge in [0.05, 0.1) is 0 Å². The summed E-state index contributed by atoms with van der Waals surface area (Å²) in [6.07, 6.45) is 0. The highest BCUT2D eigenvalue weighted by molar-refractivity contribution is 6.58. The van der Waals surface area contributed by atoms with Crippen LogP contribution in [0.5, 0.6) is 0 Å². The first-order chi connectivity index (χ1) is 17.4. The number of hydrogen-bond acceptors (Lipinski definition) is 5. The van der Waals surface area contributed by atoms with E-state index in [4.69, 9.17) is 15.0 Å². The molecule has 1 aliphatic carbocycles. The van der Waals surface area contributed by atoms with Crippen molar-refractivity contribution in [2.24, 2.45) is 0 Å². The van der Waals surface area contributed by atoms with Crippen LogP contribution >= 0.6 is 0 Å². The highest BCUT2D eigenvalue weighted by Crippen LogP contribution is 2.49. The highest BCUT2D eigenvalue weighted by Gasteiger charge is 2.36. The molecule has 0 fully saturated rings. The van der Waals surface area contributed by atoms with E-state index in [0.29, 0.717) is 22.9 Å². The van der Waals surface area contributed by atoms with Gasteiger partial charge in [0, 0.05) is 22.1 Å². The van der Waals surface area contributed by atoms with Gasteiger partial charge in [-0.3, -0.25) is 0 Å². The average molecular weight is 469 g/mol. The molecule has 1 aliphatic rings. The molecule has 0 radical (unpaired) electrons. The molecule has 6 rings (SSSR count). The Kier molecular flexibility index (Phi) is 5.29. The van der Waals surface area contributed by atoms with Crippen molar-refractivity contribution < 1.29 is 10.0 Å². The average Bonchev–Trinajstić information content (AvgIpc) is 3.15. The number of hydrogen-bond donors (Lipinski definition) is 2. The summed E-state index contributed by atoms with van der Waals surface area (Å²) in [7, 11) is -1.50. The molecular formula is C30H24BN3O2. The van der Waals surface area contributed by atoms with Gasteiger partial charge >= 0.3 is 7.12 Å².